The highest BCUT2D eigenvalue weighted by Gasteiger charge is 2.29. The Labute approximate surface area is 116 Å². The standard InChI is InChI=1S/C14H9F3O2S/c15-14(16,17)10-5-3-9(4-6-10)8-11(13(18)19)12-2-1-7-20-12/h1-8H,(H,18,19)/b11-8-. The van der Waals surface area contributed by atoms with Crippen molar-refractivity contribution in [1.82, 2.24) is 0 Å². The fraction of sp³-hybridized carbons (Fsp3) is 0.0714. The van der Waals surface area contributed by atoms with E-state index in [1.54, 1.807) is 17.5 Å². The van der Waals surface area contributed by atoms with Crippen molar-refractivity contribution in [3.8, 4) is 0 Å². The van der Waals surface area contributed by atoms with Crippen molar-refractivity contribution in [2.75, 3.05) is 0 Å². The number of carboxylic acids is 1. The average Bonchev–Trinajstić information content (AvgIpc) is 2.88. The van der Waals surface area contributed by atoms with E-state index in [1.165, 1.54) is 29.5 Å². The average molecular weight is 298 g/mol. The second-order valence-electron chi connectivity index (χ2n) is 3.96. The van der Waals surface area contributed by atoms with Crippen LogP contribution in [0.25, 0.3) is 11.6 Å². The number of alkyl halides is 3. The Morgan fingerprint density at radius 1 is 1.15 bits per heavy atom. The van der Waals surface area contributed by atoms with Crippen LogP contribution in [0.2, 0.25) is 0 Å². The molecule has 0 spiro atoms. The van der Waals surface area contributed by atoms with Crippen LogP contribution in [0.15, 0.2) is 41.8 Å². The Balaban J connectivity index is 2.35. The van der Waals surface area contributed by atoms with Gasteiger partial charge >= 0.3 is 12.1 Å². The molecular weight excluding hydrogens is 289 g/mol. The van der Waals surface area contributed by atoms with Gasteiger partial charge in [0.2, 0.25) is 0 Å². The number of carboxylic acid groups (broad SMARTS) is 1. The molecule has 104 valence electrons. The van der Waals surface area contributed by atoms with Crippen LogP contribution < -0.4 is 0 Å². The van der Waals surface area contributed by atoms with Gasteiger partial charge in [0.15, 0.2) is 0 Å². The third-order valence-corrected chi connectivity index (χ3v) is 3.47. The molecule has 1 aromatic heterocycles. The third-order valence-electron chi connectivity index (χ3n) is 2.57. The number of thiophene rings is 1. The van der Waals surface area contributed by atoms with Gasteiger partial charge in [-0.2, -0.15) is 13.2 Å². The zero-order valence-corrected chi connectivity index (χ0v) is 10.8. The molecule has 1 N–H and O–H groups in total. The first kappa shape index (κ1) is 14.3. The molecule has 1 heterocycles. The molecule has 0 fully saturated rings. The number of aliphatic carboxylic acids is 1. The molecule has 0 aliphatic heterocycles. The number of benzene rings is 1. The normalized spacial score (nSPS) is 12.4. The van der Waals surface area contributed by atoms with Crippen molar-refractivity contribution in [2.24, 2.45) is 0 Å². The van der Waals surface area contributed by atoms with Crippen LogP contribution in [-0.2, 0) is 11.0 Å². The first-order valence-electron chi connectivity index (χ1n) is 5.54. The molecule has 20 heavy (non-hydrogen) atoms. The Hall–Kier alpha value is -2.08. The fourth-order valence-electron chi connectivity index (χ4n) is 1.61. The van der Waals surface area contributed by atoms with Crippen LogP contribution in [-0.4, -0.2) is 11.1 Å². The van der Waals surface area contributed by atoms with Gasteiger partial charge in [-0.25, -0.2) is 4.79 Å². The first-order valence-corrected chi connectivity index (χ1v) is 6.42. The van der Waals surface area contributed by atoms with Crippen molar-refractivity contribution in [3.05, 3.63) is 57.8 Å². The molecule has 0 amide bonds. The van der Waals surface area contributed by atoms with Gasteiger partial charge in [0.1, 0.15) is 0 Å². The molecule has 0 aliphatic carbocycles. The van der Waals surface area contributed by atoms with Crippen LogP contribution in [0.5, 0.6) is 0 Å². The number of hydrogen-bond donors (Lipinski definition) is 1. The predicted octanol–water partition coefficient (Wildman–Crippen LogP) is 4.39. The smallest absolute Gasteiger partial charge is 0.416 e. The summed E-state index contributed by atoms with van der Waals surface area (Å²) in [6.45, 7) is 0. The van der Waals surface area contributed by atoms with Gasteiger partial charge < -0.3 is 5.11 Å². The third kappa shape index (κ3) is 3.27. The molecular formula is C14H9F3O2S. The van der Waals surface area contributed by atoms with Gasteiger partial charge in [-0.1, -0.05) is 18.2 Å². The van der Waals surface area contributed by atoms with Crippen molar-refractivity contribution >= 4 is 29.0 Å². The Kier molecular flexibility index (Phi) is 3.94. The van der Waals surface area contributed by atoms with Crippen LogP contribution >= 0.6 is 11.3 Å². The minimum absolute atomic E-state index is 0.0553. The number of hydrogen-bond acceptors (Lipinski definition) is 2. The van der Waals surface area contributed by atoms with Crippen molar-refractivity contribution in [2.45, 2.75) is 6.18 Å². The lowest BCUT2D eigenvalue weighted by Gasteiger charge is -2.06. The van der Waals surface area contributed by atoms with E-state index in [4.69, 9.17) is 5.11 Å². The quantitative estimate of drug-likeness (QED) is 0.853. The maximum Gasteiger partial charge on any atom is 0.416 e. The summed E-state index contributed by atoms with van der Waals surface area (Å²) in [7, 11) is 0. The summed E-state index contributed by atoms with van der Waals surface area (Å²) in [5.41, 5.74) is -0.300. The van der Waals surface area contributed by atoms with E-state index in [-0.39, 0.29) is 5.57 Å². The van der Waals surface area contributed by atoms with Gasteiger partial charge in [0.05, 0.1) is 11.1 Å². The SMILES string of the molecule is O=C(O)/C(=C\c1ccc(C(F)(F)F)cc1)c1cccs1. The highest BCUT2D eigenvalue weighted by Crippen LogP contribution is 2.30. The van der Waals surface area contributed by atoms with Crippen LogP contribution in [0, 0.1) is 0 Å². The Bertz CT molecular complexity index is 625. The summed E-state index contributed by atoms with van der Waals surface area (Å²) in [6, 6.07) is 7.72. The lowest BCUT2D eigenvalue weighted by atomic mass is 10.1. The maximum atomic E-state index is 12.4. The monoisotopic (exact) mass is 298 g/mol. The zero-order valence-electron chi connectivity index (χ0n) is 10.0. The molecule has 2 rings (SSSR count). The van der Waals surface area contributed by atoms with E-state index >= 15 is 0 Å². The van der Waals surface area contributed by atoms with Gasteiger partial charge in [0.25, 0.3) is 0 Å². The van der Waals surface area contributed by atoms with Crippen molar-refractivity contribution in [1.29, 1.82) is 0 Å². The molecule has 0 saturated heterocycles. The van der Waals surface area contributed by atoms with Gasteiger partial charge in [0, 0.05) is 4.88 Å². The Morgan fingerprint density at radius 2 is 1.80 bits per heavy atom. The van der Waals surface area contributed by atoms with Crippen LogP contribution in [0.3, 0.4) is 0 Å². The predicted molar refractivity (Wildman–Crippen MR) is 71.3 cm³/mol. The van der Waals surface area contributed by atoms with Crippen molar-refractivity contribution in [3.63, 3.8) is 0 Å². The van der Waals surface area contributed by atoms with Gasteiger partial charge in [-0.15, -0.1) is 11.3 Å². The minimum atomic E-state index is -4.40. The molecule has 2 aromatic rings. The zero-order chi connectivity index (χ0) is 14.8. The van der Waals surface area contributed by atoms with Gasteiger partial charge in [-0.05, 0) is 35.2 Å². The van der Waals surface area contributed by atoms with Gasteiger partial charge in [-0.3, -0.25) is 0 Å². The molecule has 0 saturated carbocycles. The summed E-state index contributed by atoms with van der Waals surface area (Å²) in [5.74, 6) is -1.12. The summed E-state index contributed by atoms with van der Waals surface area (Å²) in [6.07, 6.45) is -3.04. The molecule has 1 aromatic carbocycles. The summed E-state index contributed by atoms with van der Waals surface area (Å²) in [5, 5.41) is 10.9. The van der Waals surface area contributed by atoms with E-state index < -0.39 is 17.7 Å². The van der Waals surface area contributed by atoms with Crippen molar-refractivity contribution < 1.29 is 23.1 Å². The number of rotatable bonds is 3. The van der Waals surface area contributed by atoms with E-state index in [9.17, 15) is 18.0 Å². The lowest BCUT2D eigenvalue weighted by Crippen LogP contribution is -2.04. The second-order valence-corrected chi connectivity index (χ2v) is 4.91. The maximum absolute atomic E-state index is 12.4. The van der Waals surface area contributed by atoms with E-state index in [0.717, 1.165) is 12.1 Å². The summed E-state index contributed by atoms with van der Waals surface area (Å²) < 4.78 is 37.3. The van der Waals surface area contributed by atoms with E-state index in [1.807, 2.05) is 0 Å². The lowest BCUT2D eigenvalue weighted by molar-refractivity contribution is -0.137. The molecule has 0 atom stereocenters. The Morgan fingerprint density at radius 3 is 2.25 bits per heavy atom. The fourth-order valence-corrected chi connectivity index (χ4v) is 2.34. The molecule has 6 heteroatoms. The molecule has 0 unspecified atom stereocenters. The van der Waals surface area contributed by atoms with E-state index in [0.29, 0.717) is 10.4 Å². The second kappa shape index (κ2) is 5.50. The number of carbonyl (C=O) groups is 1. The van der Waals surface area contributed by atoms with E-state index in [2.05, 4.69) is 0 Å². The minimum Gasteiger partial charge on any atom is -0.478 e. The molecule has 0 radical (unpaired) electrons. The topological polar surface area (TPSA) is 37.3 Å². The van der Waals surface area contributed by atoms with Crippen LogP contribution in [0.1, 0.15) is 16.0 Å². The largest absolute Gasteiger partial charge is 0.478 e. The highest BCUT2D eigenvalue weighted by molar-refractivity contribution is 7.11. The van der Waals surface area contributed by atoms with Crippen LogP contribution in [0.4, 0.5) is 13.2 Å². The number of halogens is 3. The first-order chi connectivity index (χ1) is 9.38. The summed E-state index contributed by atoms with van der Waals surface area (Å²) >= 11 is 1.26. The molecule has 2 nitrogen and oxygen atoms in total. The summed E-state index contributed by atoms with van der Waals surface area (Å²) in [4.78, 5) is 11.7. The molecule has 0 aliphatic rings. The molecule has 0 bridgehead atoms. The highest BCUT2D eigenvalue weighted by atomic mass is 32.1.